The van der Waals surface area contributed by atoms with Gasteiger partial charge in [0.1, 0.15) is 0 Å². The van der Waals surface area contributed by atoms with Gasteiger partial charge >= 0.3 is 0 Å². The van der Waals surface area contributed by atoms with Gasteiger partial charge in [-0.15, -0.1) is 11.3 Å². The summed E-state index contributed by atoms with van der Waals surface area (Å²) in [5.41, 5.74) is 0.376. The summed E-state index contributed by atoms with van der Waals surface area (Å²) in [6.45, 7) is 2.59. The Labute approximate surface area is 109 Å². The van der Waals surface area contributed by atoms with Gasteiger partial charge in [0.2, 0.25) is 0 Å². The van der Waals surface area contributed by atoms with Gasteiger partial charge in [-0.05, 0) is 30.9 Å². The number of benzene rings is 1. The highest BCUT2D eigenvalue weighted by Crippen LogP contribution is 2.19. The molecule has 1 unspecified atom stereocenters. The normalized spacial score (nSPS) is 12.6. The van der Waals surface area contributed by atoms with E-state index in [2.05, 4.69) is 11.4 Å². The molecule has 0 aliphatic heterocycles. The molecule has 0 saturated carbocycles. The summed E-state index contributed by atoms with van der Waals surface area (Å²) in [6, 6.07) is 8.17. The third-order valence-corrected chi connectivity index (χ3v) is 3.79. The Morgan fingerprint density at radius 3 is 2.78 bits per heavy atom. The van der Waals surface area contributed by atoms with Crippen LogP contribution in [0.4, 0.5) is 8.78 Å². The van der Waals surface area contributed by atoms with E-state index in [9.17, 15) is 8.78 Å². The molecule has 0 bridgehead atoms. The summed E-state index contributed by atoms with van der Waals surface area (Å²) in [5, 5.41) is 5.24. The largest absolute Gasteiger partial charge is 0.310 e. The highest BCUT2D eigenvalue weighted by atomic mass is 32.1. The van der Waals surface area contributed by atoms with Gasteiger partial charge in [0.15, 0.2) is 11.6 Å². The first kappa shape index (κ1) is 13.2. The molecule has 1 aromatic carbocycles. The van der Waals surface area contributed by atoms with Crippen molar-refractivity contribution in [3.05, 3.63) is 57.8 Å². The van der Waals surface area contributed by atoms with Crippen molar-refractivity contribution in [2.45, 2.75) is 19.4 Å². The molecule has 0 spiro atoms. The van der Waals surface area contributed by atoms with Gasteiger partial charge in [-0.1, -0.05) is 18.2 Å². The molecule has 0 fully saturated rings. The van der Waals surface area contributed by atoms with Crippen LogP contribution in [-0.2, 0) is 6.42 Å². The quantitative estimate of drug-likeness (QED) is 0.865. The fourth-order valence-electron chi connectivity index (χ4n) is 1.83. The average molecular weight is 267 g/mol. The van der Waals surface area contributed by atoms with Gasteiger partial charge in [-0.2, -0.15) is 0 Å². The molecule has 18 heavy (non-hydrogen) atoms. The minimum atomic E-state index is -0.792. The Balaban J connectivity index is 1.91. The van der Waals surface area contributed by atoms with E-state index in [0.717, 1.165) is 19.0 Å². The maximum atomic E-state index is 13.5. The number of hydrogen-bond donors (Lipinski definition) is 1. The fourth-order valence-corrected chi connectivity index (χ4v) is 2.54. The maximum Gasteiger partial charge on any atom is 0.163 e. The smallest absolute Gasteiger partial charge is 0.163 e. The van der Waals surface area contributed by atoms with Crippen molar-refractivity contribution in [1.29, 1.82) is 0 Å². The van der Waals surface area contributed by atoms with Crippen molar-refractivity contribution in [1.82, 2.24) is 5.32 Å². The van der Waals surface area contributed by atoms with Gasteiger partial charge in [-0.3, -0.25) is 0 Å². The molecule has 1 N–H and O–H groups in total. The number of hydrogen-bond acceptors (Lipinski definition) is 2. The monoisotopic (exact) mass is 267 g/mol. The Morgan fingerprint density at radius 2 is 2.06 bits per heavy atom. The van der Waals surface area contributed by atoms with E-state index in [1.54, 1.807) is 17.4 Å². The number of rotatable bonds is 5. The standard InChI is InChI=1S/C14H15F2NS/c1-10(12-5-2-6-13(15)14(12)16)17-8-7-11-4-3-9-18-11/h2-6,9-10,17H,7-8H2,1H3. The maximum absolute atomic E-state index is 13.5. The summed E-state index contributed by atoms with van der Waals surface area (Å²) in [7, 11) is 0. The van der Waals surface area contributed by atoms with E-state index in [0.29, 0.717) is 5.56 Å². The number of halogens is 2. The molecule has 4 heteroatoms. The predicted octanol–water partition coefficient (Wildman–Crippen LogP) is 3.92. The second kappa shape index (κ2) is 6.07. The van der Waals surface area contributed by atoms with Gasteiger partial charge in [0.05, 0.1) is 0 Å². The molecule has 96 valence electrons. The number of thiophene rings is 1. The molecular formula is C14H15F2NS. The number of nitrogens with one attached hydrogen (secondary N) is 1. The zero-order valence-corrected chi connectivity index (χ0v) is 10.9. The second-order valence-corrected chi connectivity index (χ2v) is 5.18. The van der Waals surface area contributed by atoms with Crippen LogP contribution < -0.4 is 5.32 Å². The minimum Gasteiger partial charge on any atom is -0.310 e. The fraction of sp³-hybridized carbons (Fsp3) is 0.286. The molecule has 1 aromatic heterocycles. The first-order valence-corrected chi connectivity index (χ1v) is 6.76. The van der Waals surface area contributed by atoms with Crippen molar-refractivity contribution in [2.24, 2.45) is 0 Å². The van der Waals surface area contributed by atoms with Gasteiger partial charge in [-0.25, -0.2) is 8.78 Å². The van der Waals surface area contributed by atoms with Crippen LogP contribution in [0, 0.1) is 11.6 Å². The average Bonchev–Trinajstić information content (AvgIpc) is 2.85. The van der Waals surface area contributed by atoms with E-state index in [-0.39, 0.29) is 6.04 Å². The molecule has 0 aliphatic rings. The predicted molar refractivity (Wildman–Crippen MR) is 70.8 cm³/mol. The van der Waals surface area contributed by atoms with Crippen LogP contribution in [0.2, 0.25) is 0 Å². The Hall–Kier alpha value is -1.26. The molecule has 0 aliphatic carbocycles. The summed E-state index contributed by atoms with van der Waals surface area (Å²) in [4.78, 5) is 1.29. The van der Waals surface area contributed by atoms with Gasteiger partial charge in [0.25, 0.3) is 0 Å². The van der Waals surface area contributed by atoms with Crippen LogP contribution in [0.3, 0.4) is 0 Å². The summed E-state index contributed by atoms with van der Waals surface area (Å²) in [6.07, 6.45) is 0.902. The molecule has 1 nitrogen and oxygen atoms in total. The highest BCUT2D eigenvalue weighted by Gasteiger charge is 2.13. The van der Waals surface area contributed by atoms with Crippen molar-refractivity contribution in [3.8, 4) is 0 Å². The molecule has 1 atom stereocenters. The minimum absolute atomic E-state index is 0.194. The van der Waals surface area contributed by atoms with Gasteiger partial charge in [0, 0.05) is 23.0 Å². The Bertz CT molecular complexity index is 497. The van der Waals surface area contributed by atoms with Crippen molar-refractivity contribution >= 4 is 11.3 Å². The van der Waals surface area contributed by atoms with E-state index < -0.39 is 11.6 Å². The molecule has 0 radical (unpaired) electrons. The zero-order valence-electron chi connectivity index (χ0n) is 10.1. The van der Waals surface area contributed by atoms with Crippen molar-refractivity contribution in [2.75, 3.05) is 6.54 Å². The van der Waals surface area contributed by atoms with Crippen LogP contribution in [-0.4, -0.2) is 6.54 Å². The first-order valence-electron chi connectivity index (χ1n) is 5.88. The molecule has 0 amide bonds. The highest BCUT2D eigenvalue weighted by molar-refractivity contribution is 7.09. The van der Waals surface area contributed by atoms with Crippen LogP contribution >= 0.6 is 11.3 Å². The molecule has 0 saturated heterocycles. The third-order valence-electron chi connectivity index (χ3n) is 2.85. The van der Waals surface area contributed by atoms with Gasteiger partial charge < -0.3 is 5.32 Å². The molecule has 2 aromatic rings. The first-order chi connectivity index (χ1) is 8.68. The second-order valence-electron chi connectivity index (χ2n) is 4.15. The molecule has 2 rings (SSSR count). The lowest BCUT2D eigenvalue weighted by atomic mass is 10.1. The SMILES string of the molecule is CC(NCCc1cccs1)c1cccc(F)c1F. The lowest BCUT2D eigenvalue weighted by Crippen LogP contribution is -2.22. The van der Waals surface area contributed by atoms with Crippen LogP contribution in [0.1, 0.15) is 23.4 Å². The van der Waals surface area contributed by atoms with Crippen LogP contribution in [0.15, 0.2) is 35.7 Å². The topological polar surface area (TPSA) is 12.0 Å². The zero-order chi connectivity index (χ0) is 13.0. The van der Waals surface area contributed by atoms with E-state index in [1.165, 1.54) is 10.9 Å². The van der Waals surface area contributed by atoms with Crippen molar-refractivity contribution in [3.63, 3.8) is 0 Å². The van der Waals surface area contributed by atoms with Crippen molar-refractivity contribution < 1.29 is 8.78 Å². The summed E-state index contributed by atoms with van der Waals surface area (Å²) in [5.74, 6) is -1.55. The Kier molecular flexibility index (Phi) is 4.44. The Morgan fingerprint density at radius 1 is 1.22 bits per heavy atom. The molecule has 1 heterocycles. The summed E-state index contributed by atoms with van der Waals surface area (Å²) >= 11 is 1.70. The van der Waals surface area contributed by atoms with E-state index in [4.69, 9.17) is 0 Å². The lowest BCUT2D eigenvalue weighted by Gasteiger charge is -2.14. The van der Waals surface area contributed by atoms with Crippen LogP contribution in [0.5, 0.6) is 0 Å². The third kappa shape index (κ3) is 3.15. The van der Waals surface area contributed by atoms with E-state index in [1.807, 2.05) is 18.4 Å². The lowest BCUT2D eigenvalue weighted by molar-refractivity contribution is 0.474. The van der Waals surface area contributed by atoms with Crippen LogP contribution in [0.25, 0.3) is 0 Å². The van der Waals surface area contributed by atoms with E-state index >= 15 is 0 Å². The summed E-state index contributed by atoms with van der Waals surface area (Å²) < 4.78 is 26.6. The molecular weight excluding hydrogens is 252 g/mol.